The van der Waals surface area contributed by atoms with E-state index >= 15 is 0 Å². The molecule has 0 saturated carbocycles. The van der Waals surface area contributed by atoms with Gasteiger partial charge in [0, 0.05) is 18.8 Å². The third-order valence-corrected chi connectivity index (χ3v) is 5.96. The van der Waals surface area contributed by atoms with Crippen LogP contribution in [0.2, 0.25) is 0 Å². The molecule has 0 aliphatic heterocycles. The topological polar surface area (TPSA) is 58.2 Å². The maximum absolute atomic E-state index is 12.7. The van der Waals surface area contributed by atoms with E-state index < -0.39 is 10.0 Å². The molecule has 136 valence electrons. The Morgan fingerprint density at radius 3 is 2.20 bits per heavy atom. The molecule has 0 bridgehead atoms. The first-order valence-electron chi connectivity index (χ1n) is 8.66. The van der Waals surface area contributed by atoms with Gasteiger partial charge in [0.1, 0.15) is 0 Å². The lowest BCUT2D eigenvalue weighted by Crippen LogP contribution is -2.30. The SMILES string of the molecule is Cc1cc(C)c(S(=O)(=O)NCC(C)CCNc2ccccc2)c(C)c1. The van der Waals surface area contributed by atoms with Crippen LogP contribution in [0.5, 0.6) is 0 Å². The molecule has 2 aromatic carbocycles. The van der Waals surface area contributed by atoms with Crippen molar-refractivity contribution in [1.82, 2.24) is 4.72 Å². The fourth-order valence-electron chi connectivity index (χ4n) is 3.04. The zero-order valence-electron chi connectivity index (χ0n) is 15.5. The van der Waals surface area contributed by atoms with Crippen molar-refractivity contribution >= 4 is 15.7 Å². The summed E-state index contributed by atoms with van der Waals surface area (Å²) in [5.41, 5.74) is 3.75. The lowest BCUT2D eigenvalue weighted by Gasteiger charge is -2.16. The van der Waals surface area contributed by atoms with Crippen molar-refractivity contribution in [3.63, 3.8) is 0 Å². The fraction of sp³-hybridized carbons (Fsp3) is 0.400. The number of anilines is 1. The maximum atomic E-state index is 12.7. The van der Waals surface area contributed by atoms with Crippen LogP contribution in [0.3, 0.4) is 0 Å². The van der Waals surface area contributed by atoms with Crippen LogP contribution in [0.25, 0.3) is 0 Å². The Bertz CT molecular complexity index is 779. The summed E-state index contributed by atoms with van der Waals surface area (Å²) in [6.45, 7) is 8.99. The first-order chi connectivity index (χ1) is 11.8. The molecule has 0 fully saturated rings. The van der Waals surface area contributed by atoms with Crippen LogP contribution < -0.4 is 10.0 Å². The van der Waals surface area contributed by atoms with Crippen molar-refractivity contribution in [2.45, 2.75) is 39.0 Å². The molecule has 4 nitrogen and oxygen atoms in total. The van der Waals surface area contributed by atoms with Crippen LogP contribution in [0.1, 0.15) is 30.0 Å². The number of sulfonamides is 1. The Hall–Kier alpha value is -1.85. The highest BCUT2D eigenvalue weighted by atomic mass is 32.2. The summed E-state index contributed by atoms with van der Waals surface area (Å²) < 4.78 is 28.1. The van der Waals surface area contributed by atoms with E-state index in [4.69, 9.17) is 0 Å². The number of para-hydroxylation sites is 1. The molecular weight excluding hydrogens is 332 g/mol. The van der Waals surface area contributed by atoms with Gasteiger partial charge in [0.15, 0.2) is 0 Å². The van der Waals surface area contributed by atoms with Gasteiger partial charge in [0.2, 0.25) is 10.0 Å². The van der Waals surface area contributed by atoms with Gasteiger partial charge in [-0.25, -0.2) is 13.1 Å². The number of hydrogen-bond acceptors (Lipinski definition) is 3. The van der Waals surface area contributed by atoms with Gasteiger partial charge >= 0.3 is 0 Å². The molecule has 25 heavy (non-hydrogen) atoms. The highest BCUT2D eigenvalue weighted by Gasteiger charge is 2.20. The molecule has 0 aromatic heterocycles. The summed E-state index contributed by atoms with van der Waals surface area (Å²) in [5.74, 6) is 0.247. The van der Waals surface area contributed by atoms with Crippen LogP contribution in [-0.4, -0.2) is 21.5 Å². The number of benzene rings is 2. The minimum absolute atomic E-state index is 0.247. The van der Waals surface area contributed by atoms with Crippen LogP contribution in [0, 0.1) is 26.7 Å². The number of hydrogen-bond donors (Lipinski definition) is 2. The van der Waals surface area contributed by atoms with E-state index in [2.05, 4.69) is 17.0 Å². The zero-order chi connectivity index (χ0) is 18.4. The molecule has 2 N–H and O–H groups in total. The fourth-order valence-corrected chi connectivity index (χ4v) is 4.65. The predicted octanol–water partition coefficient (Wildman–Crippen LogP) is 4.03. The molecule has 1 unspecified atom stereocenters. The van der Waals surface area contributed by atoms with Crippen molar-refractivity contribution in [2.24, 2.45) is 5.92 Å². The lowest BCUT2D eigenvalue weighted by atomic mass is 10.1. The molecule has 2 rings (SSSR count). The van der Waals surface area contributed by atoms with Crippen molar-refractivity contribution in [1.29, 1.82) is 0 Å². The van der Waals surface area contributed by atoms with Gasteiger partial charge < -0.3 is 5.32 Å². The third kappa shape index (κ3) is 5.58. The Morgan fingerprint density at radius 1 is 1.00 bits per heavy atom. The molecule has 1 atom stereocenters. The lowest BCUT2D eigenvalue weighted by molar-refractivity contribution is 0.520. The summed E-state index contributed by atoms with van der Waals surface area (Å²) in [7, 11) is -3.48. The van der Waals surface area contributed by atoms with Gasteiger partial charge in [0.25, 0.3) is 0 Å². The Morgan fingerprint density at radius 2 is 1.60 bits per heavy atom. The second-order valence-corrected chi connectivity index (χ2v) is 8.47. The number of rotatable bonds is 8. The molecule has 0 saturated heterocycles. The monoisotopic (exact) mass is 360 g/mol. The van der Waals surface area contributed by atoms with E-state index in [1.807, 2.05) is 63.2 Å². The van der Waals surface area contributed by atoms with E-state index in [0.29, 0.717) is 11.4 Å². The first-order valence-corrected chi connectivity index (χ1v) is 10.1. The summed E-state index contributed by atoms with van der Waals surface area (Å²) >= 11 is 0. The van der Waals surface area contributed by atoms with Gasteiger partial charge in [-0.2, -0.15) is 0 Å². The summed E-state index contributed by atoms with van der Waals surface area (Å²) in [6.07, 6.45) is 0.892. The van der Waals surface area contributed by atoms with Crippen LogP contribution in [-0.2, 0) is 10.0 Å². The third-order valence-electron chi connectivity index (χ3n) is 4.24. The molecule has 0 amide bonds. The molecule has 0 aliphatic rings. The van der Waals surface area contributed by atoms with Crippen molar-refractivity contribution in [3.8, 4) is 0 Å². The van der Waals surface area contributed by atoms with E-state index in [1.54, 1.807) is 0 Å². The normalized spacial score (nSPS) is 12.8. The summed E-state index contributed by atoms with van der Waals surface area (Å²) in [4.78, 5) is 0.410. The minimum Gasteiger partial charge on any atom is -0.385 e. The van der Waals surface area contributed by atoms with Crippen LogP contribution in [0.4, 0.5) is 5.69 Å². The van der Waals surface area contributed by atoms with E-state index in [1.165, 1.54) is 0 Å². The van der Waals surface area contributed by atoms with Gasteiger partial charge in [0.05, 0.1) is 4.90 Å². The minimum atomic E-state index is -3.48. The zero-order valence-corrected chi connectivity index (χ0v) is 16.3. The van der Waals surface area contributed by atoms with E-state index in [-0.39, 0.29) is 5.92 Å². The molecule has 0 aliphatic carbocycles. The van der Waals surface area contributed by atoms with Crippen LogP contribution in [0.15, 0.2) is 47.4 Å². The highest BCUT2D eigenvalue weighted by Crippen LogP contribution is 2.21. The molecule has 2 aromatic rings. The van der Waals surface area contributed by atoms with Gasteiger partial charge in [-0.05, 0) is 56.4 Å². The van der Waals surface area contributed by atoms with Crippen molar-refractivity contribution in [3.05, 3.63) is 59.2 Å². The van der Waals surface area contributed by atoms with E-state index in [9.17, 15) is 8.42 Å². The average molecular weight is 361 g/mol. The Labute approximate surface area is 151 Å². The van der Waals surface area contributed by atoms with Gasteiger partial charge in [-0.1, -0.05) is 42.8 Å². The van der Waals surface area contributed by atoms with Crippen molar-refractivity contribution in [2.75, 3.05) is 18.4 Å². The number of nitrogens with one attached hydrogen (secondary N) is 2. The van der Waals surface area contributed by atoms with Gasteiger partial charge in [-0.3, -0.25) is 0 Å². The molecule has 0 spiro atoms. The average Bonchev–Trinajstić information content (AvgIpc) is 2.53. The van der Waals surface area contributed by atoms with E-state index in [0.717, 1.165) is 35.3 Å². The molecule has 5 heteroatoms. The molecular formula is C20H28N2O2S. The molecule has 0 radical (unpaired) electrons. The summed E-state index contributed by atoms with van der Waals surface area (Å²) in [5, 5.41) is 3.35. The second-order valence-electron chi connectivity index (χ2n) is 6.77. The van der Waals surface area contributed by atoms with Crippen molar-refractivity contribution < 1.29 is 8.42 Å². The quantitative estimate of drug-likeness (QED) is 0.747. The number of aryl methyl sites for hydroxylation is 3. The predicted molar refractivity (Wildman–Crippen MR) is 105 cm³/mol. The maximum Gasteiger partial charge on any atom is 0.241 e. The highest BCUT2D eigenvalue weighted by molar-refractivity contribution is 7.89. The second kappa shape index (κ2) is 8.50. The van der Waals surface area contributed by atoms with Crippen LogP contribution >= 0.6 is 0 Å². The molecule has 0 heterocycles. The first kappa shape index (κ1) is 19.5. The Balaban J connectivity index is 1.89. The summed E-state index contributed by atoms with van der Waals surface area (Å²) in [6, 6.07) is 13.8. The standard InChI is InChI=1S/C20H28N2O2S/c1-15(10-11-21-19-8-6-5-7-9-19)14-22-25(23,24)20-17(3)12-16(2)13-18(20)4/h5-9,12-13,15,21-22H,10-11,14H2,1-4H3. The van der Waals surface area contributed by atoms with Gasteiger partial charge in [-0.15, -0.1) is 0 Å². The largest absolute Gasteiger partial charge is 0.385 e. The Kier molecular flexibility index (Phi) is 6.62. The smallest absolute Gasteiger partial charge is 0.241 e.